The van der Waals surface area contributed by atoms with Crippen LogP contribution >= 0.6 is 0 Å². The van der Waals surface area contributed by atoms with Crippen molar-refractivity contribution in [1.29, 1.82) is 0 Å². The van der Waals surface area contributed by atoms with Crippen LogP contribution in [0.5, 0.6) is 0 Å². The minimum absolute atomic E-state index is 0.0591. The van der Waals surface area contributed by atoms with E-state index >= 15 is 0 Å². The lowest BCUT2D eigenvalue weighted by Crippen LogP contribution is -2.44. The highest BCUT2D eigenvalue weighted by molar-refractivity contribution is 6.65. The summed E-state index contributed by atoms with van der Waals surface area (Å²) >= 11 is 0. The molecule has 2 aromatic carbocycles. The summed E-state index contributed by atoms with van der Waals surface area (Å²) in [5.74, 6) is 2.13. The van der Waals surface area contributed by atoms with Gasteiger partial charge < -0.3 is 15.0 Å². The maximum absolute atomic E-state index is 13.0. The van der Waals surface area contributed by atoms with Crippen LogP contribution in [0.15, 0.2) is 30.3 Å². The number of benzene rings is 2. The number of nitrogens with one attached hydrogen (secondary N) is 1. The number of carbonyl (C=O) groups is 1. The number of anilines is 2. The van der Waals surface area contributed by atoms with Crippen LogP contribution in [0.2, 0.25) is 5.82 Å². The highest BCUT2D eigenvalue weighted by Crippen LogP contribution is 2.40. The lowest BCUT2D eigenvalue weighted by atomic mass is 9.43. The average molecular weight is 480 g/mol. The molecule has 2 atom stereocenters. The Morgan fingerprint density at radius 1 is 1.28 bits per heavy atom. The van der Waals surface area contributed by atoms with E-state index in [-0.39, 0.29) is 17.2 Å². The van der Waals surface area contributed by atoms with Crippen molar-refractivity contribution in [2.24, 2.45) is 5.41 Å². The molecule has 2 aliphatic rings. The molecule has 0 spiro atoms. The van der Waals surface area contributed by atoms with Gasteiger partial charge in [0.1, 0.15) is 27.3 Å². The molecule has 0 radical (unpaired) electrons. The molecule has 2 aliphatic heterocycles. The largest absolute Gasteiger partial charge is 0.385 e. The number of hydrogen-bond donors (Lipinski definition) is 1. The molecular weight excluding hydrogens is 445 g/mol. The molecule has 36 heavy (non-hydrogen) atoms. The van der Waals surface area contributed by atoms with Gasteiger partial charge in [-0.15, -0.1) is 0 Å². The second kappa shape index (κ2) is 8.65. The second-order valence-electron chi connectivity index (χ2n) is 11.9. The van der Waals surface area contributed by atoms with Crippen LogP contribution in [-0.2, 0) is 21.2 Å². The number of fused-ring (bicyclic) bond motifs is 3. The maximum atomic E-state index is 13.0. The highest BCUT2D eigenvalue weighted by Gasteiger charge is 2.41. The molecule has 1 aromatic heterocycles. The predicted octanol–water partition coefficient (Wildman–Crippen LogP) is 1.59. The fraction of sp³-hybridized carbons (Fsp3) is 0.444. The average Bonchev–Trinajstić information content (AvgIpc) is 3.06. The Bertz CT molecular complexity index is 1370. The Balaban J connectivity index is 1.55. The first kappa shape index (κ1) is 24.9. The van der Waals surface area contributed by atoms with Gasteiger partial charge in [0.2, 0.25) is 5.91 Å². The van der Waals surface area contributed by atoms with Crippen molar-refractivity contribution in [2.75, 3.05) is 31.0 Å². The lowest BCUT2D eigenvalue weighted by Gasteiger charge is -2.36. The molecule has 0 saturated carbocycles. The van der Waals surface area contributed by atoms with Crippen molar-refractivity contribution in [1.82, 2.24) is 9.97 Å². The molecule has 0 saturated heterocycles. The zero-order valence-electron chi connectivity index (χ0n) is 22.8. The molecule has 1 unspecified atom stereocenters. The molecule has 5 rings (SSSR count). The summed E-state index contributed by atoms with van der Waals surface area (Å²) in [6, 6.07) is 11.0. The van der Waals surface area contributed by atoms with Gasteiger partial charge in [-0.3, -0.25) is 4.79 Å². The number of hydrogen-bond acceptors (Lipinski definition) is 5. The molecule has 0 aliphatic carbocycles. The molecule has 184 valence electrons. The summed E-state index contributed by atoms with van der Waals surface area (Å²) in [7, 11) is 9.32. The van der Waals surface area contributed by atoms with Crippen LogP contribution in [-0.4, -0.2) is 59.6 Å². The monoisotopic (exact) mass is 480 g/mol. The fourth-order valence-electron chi connectivity index (χ4n) is 6.32. The van der Waals surface area contributed by atoms with Crippen LogP contribution in [0.25, 0.3) is 10.9 Å². The number of rotatable bonds is 5. The summed E-state index contributed by atoms with van der Waals surface area (Å²) in [5.41, 5.74) is 6.72. The third-order valence-electron chi connectivity index (χ3n) is 8.45. The van der Waals surface area contributed by atoms with E-state index in [1.165, 1.54) is 16.6 Å². The van der Waals surface area contributed by atoms with E-state index in [1.807, 2.05) is 27.8 Å². The number of amides is 1. The molecule has 6 nitrogen and oxygen atoms in total. The van der Waals surface area contributed by atoms with Gasteiger partial charge in [-0.05, 0) is 49.3 Å². The van der Waals surface area contributed by atoms with E-state index < -0.39 is 5.41 Å². The summed E-state index contributed by atoms with van der Waals surface area (Å²) < 4.78 is 5.56. The molecule has 3 heterocycles. The van der Waals surface area contributed by atoms with Crippen LogP contribution in [0, 0.1) is 12.3 Å². The first-order valence-electron chi connectivity index (χ1n) is 12.9. The summed E-state index contributed by atoms with van der Waals surface area (Å²) in [6.07, 6.45) is 0.707. The number of aromatic nitrogens is 2. The molecule has 9 heteroatoms. The van der Waals surface area contributed by atoms with Gasteiger partial charge >= 0.3 is 0 Å². The van der Waals surface area contributed by atoms with Gasteiger partial charge in [-0.25, -0.2) is 9.97 Å². The smallest absolute Gasteiger partial charge is 0.232 e. The van der Waals surface area contributed by atoms with Crippen LogP contribution in [0.4, 0.5) is 11.5 Å². The standard InChI is InChI=1S/C27H35B3N4O2/c1-14(17-8-7-9-19-23(17)30-22(13-36-6)27(19,28)29)31-24-18-11-21-16(10-20(18)32-15(2)33-24)12-26(3,4)25(35)34(21)5/h7-11,14,22,30H,12-13,28-29H2,1-6H3,(H,31,32,33)/t14-,22?/m1/s1. The van der Waals surface area contributed by atoms with Crippen LogP contribution in [0.1, 0.15) is 49.3 Å². The van der Waals surface area contributed by atoms with Crippen LogP contribution in [0.3, 0.4) is 0 Å². The van der Waals surface area contributed by atoms with E-state index in [0.29, 0.717) is 12.2 Å². The lowest BCUT2D eigenvalue weighted by molar-refractivity contribution is -0.126. The topological polar surface area (TPSA) is 67.4 Å². The van der Waals surface area contributed by atoms with Gasteiger partial charge in [-0.1, -0.05) is 48.3 Å². The third-order valence-corrected chi connectivity index (χ3v) is 8.45. The normalized spacial score (nSPS) is 20.6. The number of ether oxygens (including phenoxy) is 1. The van der Waals surface area contributed by atoms with Crippen molar-refractivity contribution in [3.05, 3.63) is 52.8 Å². The number of aryl methyl sites for hydroxylation is 1. The van der Waals surface area contributed by atoms with E-state index in [0.717, 1.165) is 47.7 Å². The zero-order chi connectivity index (χ0) is 26.0. The Kier molecular flexibility index (Phi) is 5.98. The van der Waals surface area contributed by atoms with Gasteiger partial charge in [0.15, 0.2) is 7.28 Å². The molecule has 0 bridgehead atoms. The maximum Gasteiger partial charge on any atom is 0.232 e. The Labute approximate surface area is 216 Å². The van der Waals surface area contributed by atoms with Crippen molar-refractivity contribution in [3.63, 3.8) is 0 Å². The van der Waals surface area contributed by atoms with Crippen molar-refractivity contribution in [2.45, 2.75) is 51.2 Å². The minimum atomic E-state index is -0.421. The quantitative estimate of drug-likeness (QED) is 0.563. The second-order valence-corrected chi connectivity index (χ2v) is 11.9. The van der Waals surface area contributed by atoms with E-state index in [2.05, 4.69) is 58.3 Å². The van der Waals surface area contributed by atoms with Gasteiger partial charge in [-0.2, -0.15) is 0 Å². The van der Waals surface area contributed by atoms with Crippen molar-refractivity contribution >= 4 is 56.8 Å². The minimum Gasteiger partial charge on any atom is -0.385 e. The predicted molar refractivity (Wildman–Crippen MR) is 155 cm³/mol. The Hall–Kier alpha value is -2.80. The van der Waals surface area contributed by atoms with Crippen molar-refractivity contribution in [3.8, 4) is 0 Å². The SMILES string of the molecule is BC1(B)c2cccc([C@@H](C)Nc3nc(C)nc4cc5c(cc34)N(C)C(=O)C(C)(C)C5)c2BC1COC. The first-order valence-corrected chi connectivity index (χ1v) is 12.9. The summed E-state index contributed by atoms with van der Waals surface area (Å²) in [6.45, 7) is 8.91. The van der Waals surface area contributed by atoms with E-state index in [4.69, 9.17) is 14.7 Å². The summed E-state index contributed by atoms with van der Waals surface area (Å²) in [5, 5.41) is 4.72. The molecule has 1 amide bonds. The first-order chi connectivity index (χ1) is 16.9. The Morgan fingerprint density at radius 3 is 2.75 bits per heavy atom. The van der Waals surface area contributed by atoms with Gasteiger partial charge in [0, 0.05) is 43.3 Å². The van der Waals surface area contributed by atoms with E-state index in [1.54, 1.807) is 12.0 Å². The van der Waals surface area contributed by atoms with Gasteiger partial charge in [0.05, 0.1) is 5.52 Å². The zero-order valence-corrected chi connectivity index (χ0v) is 22.8. The molecular formula is C27H35B3N4O2. The van der Waals surface area contributed by atoms with Crippen LogP contribution < -0.4 is 15.7 Å². The van der Waals surface area contributed by atoms with Crippen molar-refractivity contribution < 1.29 is 9.53 Å². The molecule has 0 fully saturated rings. The number of nitrogens with zero attached hydrogens (tertiary/aromatic N) is 3. The number of methoxy groups -OCH3 is 1. The molecule has 1 N–H and O–H groups in total. The number of carbonyl (C=O) groups excluding carboxylic acids is 1. The van der Waals surface area contributed by atoms with E-state index in [9.17, 15) is 4.79 Å². The highest BCUT2D eigenvalue weighted by atomic mass is 16.5. The fourth-order valence-corrected chi connectivity index (χ4v) is 6.32. The summed E-state index contributed by atoms with van der Waals surface area (Å²) in [4.78, 5) is 24.3. The Morgan fingerprint density at radius 2 is 2.03 bits per heavy atom. The van der Waals surface area contributed by atoms with Gasteiger partial charge in [0.25, 0.3) is 0 Å². The molecule has 3 aromatic rings. The third kappa shape index (κ3) is 3.92.